The Labute approximate surface area is 154 Å². The monoisotopic (exact) mass is 449 g/mol. The molecule has 0 saturated carbocycles. The van der Waals surface area contributed by atoms with Crippen LogP contribution in [0.3, 0.4) is 0 Å². The highest BCUT2D eigenvalue weighted by Gasteiger charge is 2.18. The Morgan fingerprint density at radius 2 is 2.00 bits per heavy atom. The fourth-order valence-electron chi connectivity index (χ4n) is 1.91. The van der Waals surface area contributed by atoms with Crippen LogP contribution in [0.5, 0.6) is 0 Å². The van der Waals surface area contributed by atoms with Gasteiger partial charge in [0.05, 0.1) is 3.79 Å². The summed E-state index contributed by atoms with van der Waals surface area (Å²) >= 11 is 7.36. The van der Waals surface area contributed by atoms with Crippen molar-refractivity contribution in [1.82, 2.24) is 4.72 Å². The summed E-state index contributed by atoms with van der Waals surface area (Å²) in [7, 11) is -3.51. The lowest BCUT2D eigenvalue weighted by molar-refractivity contribution is 0.224. The molecule has 0 fully saturated rings. The van der Waals surface area contributed by atoms with E-state index in [0.717, 1.165) is 19.1 Å². The molecule has 0 saturated heterocycles. The topological polar surface area (TPSA) is 66.4 Å². The normalized spacial score (nSPS) is 13.3. The molecule has 1 unspecified atom stereocenters. The van der Waals surface area contributed by atoms with Gasteiger partial charge in [0.2, 0.25) is 10.0 Å². The molecule has 0 aliphatic heterocycles. The van der Waals surface area contributed by atoms with E-state index < -0.39 is 16.1 Å². The van der Waals surface area contributed by atoms with Crippen LogP contribution in [0, 0.1) is 0 Å². The van der Waals surface area contributed by atoms with Gasteiger partial charge in [-0.05, 0) is 62.6 Å². The molecule has 0 aliphatic rings. The van der Waals surface area contributed by atoms with Crippen molar-refractivity contribution in [3.63, 3.8) is 0 Å². The molecule has 1 atom stereocenters. The number of aliphatic hydroxyl groups is 1. The van der Waals surface area contributed by atoms with Gasteiger partial charge in [-0.3, -0.25) is 0 Å². The Morgan fingerprint density at radius 3 is 2.65 bits per heavy atom. The zero-order valence-electron chi connectivity index (χ0n) is 11.6. The molecule has 3 aromatic heterocycles. The molecular weight excluding hydrogens is 438 g/mol. The molecule has 3 rings (SSSR count). The van der Waals surface area contributed by atoms with Crippen molar-refractivity contribution in [2.75, 3.05) is 0 Å². The van der Waals surface area contributed by atoms with Crippen molar-refractivity contribution in [2.24, 2.45) is 0 Å². The quantitative estimate of drug-likeness (QED) is 0.592. The smallest absolute Gasteiger partial charge is 0.250 e. The van der Waals surface area contributed by atoms with Crippen molar-refractivity contribution in [2.45, 2.75) is 16.9 Å². The number of sulfonamides is 1. The van der Waals surface area contributed by atoms with Gasteiger partial charge in [0.1, 0.15) is 10.3 Å². The molecule has 4 nitrogen and oxygen atoms in total. The van der Waals surface area contributed by atoms with Crippen LogP contribution in [0.1, 0.15) is 21.4 Å². The number of hydrogen-bond donors (Lipinski definition) is 2. The minimum absolute atomic E-state index is 0.207. The minimum Gasteiger partial charge on any atom is -0.383 e. The van der Waals surface area contributed by atoms with Gasteiger partial charge in [-0.1, -0.05) is 0 Å². The first-order valence-corrected chi connectivity index (χ1v) is 11.3. The molecule has 3 aromatic rings. The maximum Gasteiger partial charge on any atom is 0.250 e. The van der Waals surface area contributed by atoms with Crippen molar-refractivity contribution in [3.05, 3.63) is 60.2 Å². The fourth-order valence-corrected chi connectivity index (χ4v) is 6.71. The Hall–Kier alpha value is -0.550. The molecule has 3 heterocycles. The van der Waals surface area contributed by atoms with E-state index in [1.165, 1.54) is 34.0 Å². The largest absolute Gasteiger partial charge is 0.383 e. The second-order valence-corrected chi connectivity index (χ2v) is 11.1. The molecule has 0 aromatic carbocycles. The average molecular weight is 450 g/mol. The van der Waals surface area contributed by atoms with Crippen LogP contribution in [-0.4, -0.2) is 13.5 Å². The van der Waals surface area contributed by atoms with E-state index in [2.05, 4.69) is 20.7 Å². The SMILES string of the molecule is O=S(=O)(NCc1ccc(C(O)c2ccsc2)s1)c1ccc(Br)s1. The van der Waals surface area contributed by atoms with E-state index in [4.69, 9.17) is 0 Å². The molecule has 122 valence electrons. The van der Waals surface area contributed by atoms with Gasteiger partial charge in [0.25, 0.3) is 0 Å². The summed E-state index contributed by atoms with van der Waals surface area (Å²) < 4.78 is 28.0. The van der Waals surface area contributed by atoms with E-state index in [9.17, 15) is 13.5 Å². The first kappa shape index (κ1) is 17.3. The molecule has 0 spiro atoms. The molecule has 0 aliphatic carbocycles. The van der Waals surface area contributed by atoms with Gasteiger partial charge in [0.15, 0.2) is 0 Å². The van der Waals surface area contributed by atoms with Crippen LogP contribution in [0.15, 0.2) is 49.1 Å². The van der Waals surface area contributed by atoms with Crippen LogP contribution in [0.25, 0.3) is 0 Å². The highest BCUT2D eigenvalue weighted by Crippen LogP contribution is 2.30. The third-order valence-corrected chi connectivity index (χ3v) is 8.42. The summed E-state index contributed by atoms with van der Waals surface area (Å²) in [5.74, 6) is 0. The molecule has 2 N–H and O–H groups in total. The maximum atomic E-state index is 12.2. The zero-order chi connectivity index (χ0) is 16.4. The van der Waals surface area contributed by atoms with Gasteiger partial charge in [-0.15, -0.1) is 22.7 Å². The van der Waals surface area contributed by atoms with Crippen LogP contribution < -0.4 is 4.72 Å². The zero-order valence-corrected chi connectivity index (χ0v) is 16.5. The number of thiophene rings is 3. The molecule has 0 radical (unpaired) electrons. The second-order valence-electron chi connectivity index (χ2n) is 4.65. The summed E-state index contributed by atoms with van der Waals surface area (Å²) in [6.07, 6.45) is -0.662. The lowest BCUT2D eigenvalue weighted by Gasteiger charge is -2.05. The standard InChI is InChI=1S/C14H12BrNO3S4/c15-12-3-4-13(22-12)23(18,19)16-7-10-1-2-11(21-10)14(17)9-5-6-20-8-9/h1-6,8,14,16-17H,7H2. The highest BCUT2D eigenvalue weighted by molar-refractivity contribution is 9.11. The average Bonchev–Trinajstić information content (AvgIpc) is 3.25. The summed E-state index contributed by atoms with van der Waals surface area (Å²) in [5.41, 5.74) is 0.854. The molecule has 9 heteroatoms. The highest BCUT2D eigenvalue weighted by atomic mass is 79.9. The Bertz CT molecular complexity index is 883. The third-order valence-electron chi connectivity index (χ3n) is 3.06. The number of rotatable bonds is 6. The van der Waals surface area contributed by atoms with Gasteiger partial charge >= 0.3 is 0 Å². The van der Waals surface area contributed by atoms with Crippen molar-refractivity contribution in [1.29, 1.82) is 0 Å². The van der Waals surface area contributed by atoms with E-state index in [0.29, 0.717) is 0 Å². The van der Waals surface area contributed by atoms with Crippen LogP contribution in [0.4, 0.5) is 0 Å². The Kier molecular flexibility index (Phi) is 5.36. The predicted octanol–water partition coefficient (Wildman–Crippen LogP) is 4.19. The van der Waals surface area contributed by atoms with Crippen molar-refractivity contribution >= 4 is 60.0 Å². The molecule has 23 heavy (non-hydrogen) atoms. The van der Waals surface area contributed by atoms with E-state index >= 15 is 0 Å². The van der Waals surface area contributed by atoms with Gasteiger partial charge in [-0.25, -0.2) is 13.1 Å². The molecular formula is C14H12BrNO3S4. The summed E-state index contributed by atoms with van der Waals surface area (Å²) in [5, 5.41) is 14.1. The number of aliphatic hydroxyl groups excluding tert-OH is 1. The first-order chi connectivity index (χ1) is 11.0. The molecule has 0 bridgehead atoms. The van der Waals surface area contributed by atoms with E-state index in [1.807, 2.05) is 29.0 Å². The predicted molar refractivity (Wildman–Crippen MR) is 98.7 cm³/mol. The fraction of sp³-hybridized carbons (Fsp3) is 0.143. The van der Waals surface area contributed by atoms with Gasteiger partial charge in [-0.2, -0.15) is 11.3 Å². The Morgan fingerprint density at radius 1 is 1.17 bits per heavy atom. The maximum absolute atomic E-state index is 12.2. The minimum atomic E-state index is -3.51. The number of hydrogen-bond acceptors (Lipinski definition) is 6. The van der Waals surface area contributed by atoms with Crippen LogP contribution >= 0.6 is 49.9 Å². The summed E-state index contributed by atoms with van der Waals surface area (Å²) in [4.78, 5) is 1.66. The third kappa shape index (κ3) is 4.11. The van der Waals surface area contributed by atoms with Gasteiger partial charge < -0.3 is 5.11 Å². The molecule has 0 amide bonds. The van der Waals surface area contributed by atoms with E-state index in [-0.39, 0.29) is 10.8 Å². The van der Waals surface area contributed by atoms with Crippen molar-refractivity contribution in [3.8, 4) is 0 Å². The lowest BCUT2D eigenvalue weighted by Crippen LogP contribution is -2.21. The number of nitrogens with one attached hydrogen (secondary N) is 1. The van der Waals surface area contributed by atoms with Gasteiger partial charge in [0, 0.05) is 16.3 Å². The van der Waals surface area contributed by atoms with E-state index in [1.54, 1.807) is 12.1 Å². The van der Waals surface area contributed by atoms with Crippen LogP contribution in [-0.2, 0) is 16.6 Å². The second kappa shape index (κ2) is 7.14. The summed E-state index contributed by atoms with van der Waals surface area (Å²) in [6, 6.07) is 8.82. The lowest BCUT2D eigenvalue weighted by atomic mass is 10.2. The Balaban J connectivity index is 1.68. The summed E-state index contributed by atoms with van der Waals surface area (Å²) in [6.45, 7) is 0.207. The first-order valence-electron chi connectivity index (χ1n) is 6.49. The van der Waals surface area contributed by atoms with Crippen molar-refractivity contribution < 1.29 is 13.5 Å². The number of halogens is 1. The van der Waals surface area contributed by atoms with Crippen LogP contribution in [0.2, 0.25) is 0 Å².